The van der Waals surface area contributed by atoms with Gasteiger partial charge in [-0.3, -0.25) is 0 Å². The van der Waals surface area contributed by atoms with Crippen molar-refractivity contribution in [1.82, 2.24) is 19.5 Å². The number of aromatic nitrogens is 4. The smallest absolute Gasteiger partial charge is 0.360 e. The number of aromatic amines is 1. The standard InChI is InChI=1S/C14H21N5O2/c1-3-11-18-12(14(20)21-4-2)13(15)19(11)9-5-6-10-16-7-8-17-10/h7-8H,3-6,9,15H2,1-2H3,(H,16,17). The van der Waals surface area contributed by atoms with Crippen LogP contribution in [0.4, 0.5) is 5.82 Å². The summed E-state index contributed by atoms with van der Waals surface area (Å²) < 4.78 is 6.86. The quantitative estimate of drug-likeness (QED) is 0.754. The number of carbonyl (C=O) groups is 1. The Morgan fingerprint density at radius 1 is 1.48 bits per heavy atom. The Morgan fingerprint density at radius 2 is 2.29 bits per heavy atom. The Labute approximate surface area is 123 Å². The number of hydrogen-bond donors (Lipinski definition) is 2. The minimum Gasteiger partial charge on any atom is -0.461 e. The maximum absolute atomic E-state index is 11.8. The van der Waals surface area contributed by atoms with Gasteiger partial charge in [-0.1, -0.05) is 6.92 Å². The Bertz CT molecular complexity index is 589. The van der Waals surface area contributed by atoms with Gasteiger partial charge in [-0.25, -0.2) is 14.8 Å². The summed E-state index contributed by atoms with van der Waals surface area (Å²) in [6, 6.07) is 0. The molecular weight excluding hydrogens is 270 g/mol. The second kappa shape index (κ2) is 6.92. The highest BCUT2D eigenvalue weighted by atomic mass is 16.5. The molecule has 21 heavy (non-hydrogen) atoms. The van der Waals surface area contributed by atoms with Gasteiger partial charge in [-0.15, -0.1) is 0 Å². The Balaban J connectivity index is 2.08. The van der Waals surface area contributed by atoms with Crippen LogP contribution in [0.5, 0.6) is 0 Å². The molecule has 0 unspecified atom stereocenters. The van der Waals surface area contributed by atoms with Crippen molar-refractivity contribution in [3.63, 3.8) is 0 Å². The van der Waals surface area contributed by atoms with Crippen molar-refractivity contribution >= 4 is 11.8 Å². The van der Waals surface area contributed by atoms with Gasteiger partial charge in [0.05, 0.1) is 6.61 Å². The molecule has 0 bridgehead atoms. The number of anilines is 1. The lowest BCUT2D eigenvalue weighted by molar-refractivity contribution is 0.0521. The van der Waals surface area contributed by atoms with Crippen molar-refractivity contribution in [2.45, 2.75) is 39.7 Å². The molecule has 2 aromatic heterocycles. The van der Waals surface area contributed by atoms with Gasteiger partial charge in [0, 0.05) is 31.8 Å². The number of H-pyrrole nitrogens is 1. The monoisotopic (exact) mass is 291 g/mol. The van der Waals surface area contributed by atoms with Gasteiger partial charge in [0.15, 0.2) is 5.69 Å². The first-order valence-electron chi connectivity index (χ1n) is 7.17. The first-order valence-corrected chi connectivity index (χ1v) is 7.17. The summed E-state index contributed by atoms with van der Waals surface area (Å²) >= 11 is 0. The lowest BCUT2D eigenvalue weighted by atomic mass is 10.3. The van der Waals surface area contributed by atoms with E-state index in [1.165, 1.54) is 0 Å². The summed E-state index contributed by atoms with van der Waals surface area (Å²) in [5, 5.41) is 0. The van der Waals surface area contributed by atoms with E-state index in [0.717, 1.165) is 24.5 Å². The molecule has 7 heteroatoms. The molecule has 0 aliphatic heterocycles. The highest BCUT2D eigenvalue weighted by molar-refractivity contribution is 5.92. The molecule has 2 aromatic rings. The van der Waals surface area contributed by atoms with Gasteiger partial charge in [-0.05, 0) is 13.3 Å². The summed E-state index contributed by atoms with van der Waals surface area (Å²) in [6.07, 6.45) is 5.94. The van der Waals surface area contributed by atoms with Crippen LogP contribution in [0.15, 0.2) is 12.4 Å². The zero-order valence-electron chi connectivity index (χ0n) is 12.4. The molecule has 0 amide bonds. The number of nitrogens with one attached hydrogen (secondary N) is 1. The zero-order chi connectivity index (χ0) is 15.2. The summed E-state index contributed by atoms with van der Waals surface area (Å²) in [5.74, 6) is 1.66. The maximum Gasteiger partial charge on any atom is 0.360 e. The number of nitrogens with two attached hydrogens (primary N) is 1. The average molecular weight is 291 g/mol. The SMILES string of the molecule is CCOC(=O)c1nc(CC)n(CCCc2ncc[nH]2)c1N. The van der Waals surface area contributed by atoms with Gasteiger partial charge in [-0.2, -0.15) is 0 Å². The number of ether oxygens (including phenoxy) is 1. The number of nitrogens with zero attached hydrogens (tertiary/aromatic N) is 3. The van der Waals surface area contributed by atoms with Crippen LogP contribution >= 0.6 is 0 Å². The van der Waals surface area contributed by atoms with E-state index in [2.05, 4.69) is 15.0 Å². The van der Waals surface area contributed by atoms with E-state index in [1.54, 1.807) is 19.3 Å². The molecule has 114 valence electrons. The van der Waals surface area contributed by atoms with E-state index in [-0.39, 0.29) is 5.69 Å². The number of esters is 1. The van der Waals surface area contributed by atoms with Crippen molar-refractivity contribution < 1.29 is 9.53 Å². The van der Waals surface area contributed by atoms with Crippen molar-refractivity contribution in [2.24, 2.45) is 0 Å². The molecule has 0 atom stereocenters. The van der Waals surface area contributed by atoms with Gasteiger partial charge in [0.2, 0.25) is 0 Å². The van der Waals surface area contributed by atoms with Crippen molar-refractivity contribution in [1.29, 1.82) is 0 Å². The fraction of sp³-hybridized carbons (Fsp3) is 0.500. The third-order valence-electron chi connectivity index (χ3n) is 3.22. The maximum atomic E-state index is 11.8. The molecule has 0 radical (unpaired) electrons. The molecule has 0 aliphatic carbocycles. The summed E-state index contributed by atoms with van der Waals surface area (Å²) in [5.41, 5.74) is 6.26. The first kappa shape index (κ1) is 15.1. The molecule has 0 fully saturated rings. The molecule has 0 aliphatic rings. The minimum absolute atomic E-state index is 0.215. The Hall–Kier alpha value is -2.31. The van der Waals surface area contributed by atoms with Crippen LogP contribution in [0.2, 0.25) is 0 Å². The van der Waals surface area contributed by atoms with Crippen LogP contribution in [0, 0.1) is 0 Å². The summed E-state index contributed by atoms with van der Waals surface area (Å²) in [7, 11) is 0. The lowest BCUT2D eigenvalue weighted by Gasteiger charge is -2.08. The highest BCUT2D eigenvalue weighted by Gasteiger charge is 2.20. The number of imidazole rings is 2. The van der Waals surface area contributed by atoms with Crippen molar-refractivity contribution in [2.75, 3.05) is 12.3 Å². The molecule has 2 rings (SSSR count). The number of carbonyl (C=O) groups excluding carboxylic acids is 1. The number of hydrogen-bond acceptors (Lipinski definition) is 5. The molecule has 0 saturated heterocycles. The molecule has 2 heterocycles. The molecule has 0 spiro atoms. The zero-order valence-corrected chi connectivity index (χ0v) is 12.4. The third-order valence-corrected chi connectivity index (χ3v) is 3.22. The van der Waals surface area contributed by atoms with Gasteiger partial charge in [0.1, 0.15) is 17.5 Å². The molecule has 3 N–H and O–H groups in total. The Morgan fingerprint density at radius 3 is 2.90 bits per heavy atom. The molecular formula is C14H21N5O2. The predicted molar refractivity (Wildman–Crippen MR) is 78.9 cm³/mol. The fourth-order valence-corrected chi connectivity index (χ4v) is 2.22. The number of aryl methyl sites for hydroxylation is 2. The van der Waals surface area contributed by atoms with Crippen LogP contribution in [-0.4, -0.2) is 32.1 Å². The third kappa shape index (κ3) is 3.42. The summed E-state index contributed by atoms with van der Waals surface area (Å²) in [6.45, 7) is 4.75. The topological polar surface area (TPSA) is 98.8 Å². The fourth-order valence-electron chi connectivity index (χ4n) is 2.22. The van der Waals surface area contributed by atoms with Crippen LogP contribution < -0.4 is 5.73 Å². The van der Waals surface area contributed by atoms with E-state index in [1.807, 2.05) is 11.5 Å². The predicted octanol–water partition coefficient (Wildman–Crippen LogP) is 1.56. The average Bonchev–Trinajstić information content (AvgIpc) is 3.08. The largest absolute Gasteiger partial charge is 0.461 e. The highest BCUT2D eigenvalue weighted by Crippen LogP contribution is 2.17. The Kier molecular flexibility index (Phi) is 4.97. The second-order valence-electron chi connectivity index (χ2n) is 4.63. The number of nitrogen functional groups attached to an aromatic ring is 1. The van der Waals surface area contributed by atoms with Gasteiger partial charge < -0.3 is 20.0 Å². The van der Waals surface area contributed by atoms with Crippen molar-refractivity contribution in [3.8, 4) is 0 Å². The molecule has 0 saturated carbocycles. The van der Waals surface area contributed by atoms with Crippen LogP contribution in [0.1, 0.15) is 42.4 Å². The van der Waals surface area contributed by atoms with E-state index < -0.39 is 5.97 Å². The minimum atomic E-state index is -0.463. The van der Waals surface area contributed by atoms with Crippen LogP contribution in [0.3, 0.4) is 0 Å². The molecule has 7 nitrogen and oxygen atoms in total. The van der Waals surface area contributed by atoms with Gasteiger partial charge in [0.25, 0.3) is 0 Å². The van der Waals surface area contributed by atoms with Crippen LogP contribution in [-0.2, 0) is 24.1 Å². The van der Waals surface area contributed by atoms with Gasteiger partial charge >= 0.3 is 5.97 Å². The molecule has 0 aromatic carbocycles. The summed E-state index contributed by atoms with van der Waals surface area (Å²) in [4.78, 5) is 23.4. The van der Waals surface area contributed by atoms with Crippen LogP contribution in [0.25, 0.3) is 0 Å². The van der Waals surface area contributed by atoms with E-state index in [0.29, 0.717) is 25.4 Å². The normalized spacial score (nSPS) is 10.8. The van der Waals surface area contributed by atoms with Crippen molar-refractivity contribution in [3.05, 3.63) is 29.7 Å². The van der Waals surface area contributed by atoms with E-state index >= 15 is 0 Å². The van der Waals surface area contributed by atoms with E-state index in [4.69, 9.17) is 10.5 Å². The first-order chi connectivity index (χ1) is 10.2. The number of rotatable bonds is 7. The van der Waals surface area contributed by atoms with E-state index in [9.17, 15) is 4.79 Å². The lowest BCUT2D eigenvalue weighted by Crippen LogP contribution is -2.11. The second-order valence-corrected chi connectivity index (χ2v) is 4.63.